The van der Waals surface area contributed by atoms with Crippen molar-refractivity contribution in [2.75, 3.05) is 0 Å². The van der Waals surface area contributed by atoms with Gasteiger partial charge in [-0.25, -0.2) is 0 Å². The van der Waals surface area contributed by atoms with Gasteiger partial charge in [0.2, 0.25) is 0 Å². The number of rotatable bonds is 2. The molecule has 2 aliphatic heterocycles. The summed E-state index contributed by atoms with van der Waals surface area (Å²) in [5.41, 5.74) is 0.942. The molecule has 0 aliphatic carbocycles. The zero-order valence-corrected chi connectivity index (χ0v) is 12.1. The van der Waals surface area contributed by atoms with Crippen LogP contribution in [0.4, 0.5) is 0 Å². The van der Waals surface area contributed by atoms with Crippen molar-refractivity contribution in [3.63, 3.8) is 0 Å². The molecule has 5 heteroatoms. The van der Waals surface area contributed by atoms with Gasteiger partial charge < -0.3 is 4.74 Å². The third-order valence-corrected chi connectivity index (χ3v) is 4.26. The lowest BCUT2D eigenvalue weighted by atomic mass is 10.1. The Morgan fingerprint density at radius 2 is 1.89 bits per heavy atom. The van der Waals surface area contributed by atoms with Gasteiger partial charge in [-0.15, -0.1) is 0 Å². The molecule has 2 amide bonds. The lowest BCUT2D eigenvalue weighted by molar-refractivity contribution is -0.171. The average molecular weight is 324 g/mol. The second-order valence-electron chi connectivity index (χ2n) is 4.97. The van der Waals surface area contributed by atoms with Crippen LogP contribution >= 0.6 is 15.9 Å². The molecule has 0 radical (unpaired) electrons. The first-order valence-electron chi connectivity index (χ1n) is 6.36. The summed E-state index contributed by atoms with van der Waals surface area (Å²) in [6.07, 6.45) is 0.433. The first-order valence-corrected chi connectivity index (χ1v) is 7.15. The Bertz CT molecular complexity index is 523. The van der Waals surface area contributed by atoms with Gasteiger partial charge in [0.25, 0.3) is 11.8 Å². The monoisotopic (exact) mass is 323 g/mol. The maximum absolute atomic E-state index is 12.3. The minimum atomic E-state index is -0.433. The van der Waals surface area contributed by atoms with E-state index in [2.05, 4.69) is 15.9 Å². The van der Waals surface area contributed by atoms with Crippen LogP contribution in [0.15, 0.2) is 28.7 Å². The van der Waals surface area contributed by atoms with Gasteiger partial charge in [0, 0.05) is 4.47 Å². The van der Waals surface area contributed by atoms with Crippen molar-refractivity contribution in [2.45, 2.75) is 38.0 Å². The first-order chi connectivity index (χ1) is 9.08. The molecule has 0 aromatic heterocycles. The number of likely N-dealkylation sites (tertiary alicyclic amines) is 1. The number of halogens is 1. The molecule has 2 heterocycles. The highest BCUT2D eigenvalue weighted by Crippen LogP contribution is 2.34. The smallest absolute Gasteiger partial charge is 0.258 e. The number of fused-ring (bicyclic) bond motifs is 2. The van der Waals surface area contributed by atoms with Crippen molar-refractivity contribution < 1.29 is 14.3 Å². The summed E-state index contributed by atoms with van der Waals surface area (Å²) in [4.78, 5) is 25.9. The molecule has 19 heavy (non-hydrogen) atoms. The predicted octanol–water partition coefficient (Wildman–Crippen LogP) is 2.43. The Hall–Kier alpha value is -1.20. The standard InChI is InChI=1S/C14H14BrNO3/c1-8(9-3-2-4-10(15)7-9)16-13(17)11-5-6-12(19-11)14(16)18/h2-4,7-8,11-12H,5-6H2,1H3. The third kappa shape index (κ3) is 2.11. The van der Waals surface area contributed by atoms with Crippen LogP contribution in [0.25, 0.3) is 0 Å². The largest absolute Gasteiger partial charge is 0.355 e. The molecule has 0 N–H and O–H groups in total. The van der Waals surface area contributed by atoms with Crippen molar-refractivity contribution in [1.82, 2.24) is 4.90 Å². The number of nitrogens with zero attached hydrogens (tertiary/aromatic N) is 1. The molecule has 0 saturated carbocycles. The maximum atomic E-state index is 12.3. The highest BCUT2D eigenvalue weighted by Gasteiger charge is 2.48. The van der Waals surface area contributed by atoms with Gasteiger partial charge in [0.1, 0.15) is 12.2 Å². The van der Waals surface area contributed by atoms with E-state index in [1.165, 1.54) is 4.90 Å². The number of hydrogen-bond acceptors (Lipinski definition) is 3. The fourth-order valence-electron chi connectivity index (χ4n) is 2.72. The van der Waals surface area contributed by atoms with E-state index in [1.807, 2.05) is 31.2 Å². The number of ether oxygens (including phenoxy) is 1. The Labute approximate surface area is 119 Å². The Morgan fingerprint density at radius 1 is 1.26 bits per heavy atom. The van der Waals surface area contributed by atoms with Crippen molar-refractivity contribution in [1.29, 1.82) is 0 Å². The van der Waals surface area contributed by atoms with Crippen LogP contribution in [0, 0.1) is 0 Å². The summed E-state index contributed by atoms with van der Waals surface area (Å²) in [5.74, 6) is -0.405. The minimum absolute atomic E-state index is 0.203. The molecular formula is C14H14BrNO3. The SMILES string of the molecule is CC(c1cccc(Br)c1)N1C(=O)C2CCC(O2)C1=O. The lowest BCUT2D eigenvalue weighted by Crippen LogP contribution is -2.52. The summed E-state index contributed by atoms with van der Waals surface area (Å²) in [6.45, 7) is 1.88. The number of imide groups is 1. The van der Waals surface area contributed by atoms with Crippen LogP contribution < -0.4 is 0 Å². The van der Waals surface area contributed by atoms with E-state index in [-0.39, 0.29) is 17.9 Å². The van der Waals surface area contributed by atoms with E-state index in [0.29, 0.717) is 12.8 Å². The fourth-order valence-corrected chi connectivity index (χ4v) is 3.13. The Morgan fingerprint density at radius 3 is 2.47 bits per heavy atom. The van der Waals surface area contributed by atoms with Gasteiger partial charge in [0.05, 0.1) is 6.04 Å². The molecule has 2 saturated heterocycles. The summed E-state index contributed by atoms with van der Waals surface area (Å²) in [5, 5.41) is 0. The molecule has 0 spiro atoms. The quantitative estimate of drug-likeness (QED) is 0.785. The van der Waals surface area contributed by atoms with Gasteiger partial charge in [0.15, 0.2) is 0 Å². The molecule has 3 unspecified atom stereocenters. The zero-order chi connectivity index (χ0) is 13.6. The molecule has 100 valence electrons. The molecule has 4 nitrogen and oxygen atoms in total. The van der Waals surface area contributed by atoms with Crippen molar-refractivity contribution >= 4 is 27.7 Å². The number of morpholine rings is 1. The zero-order valence-electron chi connectivity index (χ0n) is 10.5. The van der Waals surface area contributed by atoms with E-state index >= 15 is 0 Å². The molecule has 3 atom stereocenters. The van der Waals surface area contributed by atoms with Crippen molar-refractivity contribution in [3.05, 3.63) is 34.3 Å². The van der Waals surface area contributed by atoms with Crippen LogP contribution in [-0.2, 0) is 14.3 Å². The summed E-state index contributed by atoms with van der Waals surface area (Å²) in [6, 6.07) is 7.42. The van der Waals surface area contributed by atoms with Crippen LogP contribution in [-0.4, -0.2) is 28.9 Å². The van der Waals surface area contributed by atoms with Crippen LogP contribution in [0.5, 0.6) is 0 Å². The lowest BCUT2D eigenvalue weighted by Gasteiger charge is -2.34. The number of hydrogen-bond donors (Lipinski definition) is 0. The van der Waals surface area contributed by atoms with E-state index < -0.39 is 12.2 Å². The average Bonchev–Trinajstić information content (AvgIpc) is 2.83. The van der Waals surface area contributed by atoms with Gasteiger partial charge >= 0.3 is 0 Å². The Kier molecular flexibility index (Phi) is 3.19. The number of benzene rings is 1. The molecule has 2 fully saturated rings. The second kappa shape index (κ2) is 4.72. The highest BCUT2D eigenvalue weighted by molar-refractivity contribution is 9.10. The topological polar surface area (TPSA) is 46.6 Å². The first kappa shape index (κ1) is 12.8. The highest BCUT2D eigenvalue weighted by atomic mass is 79.9. The Balaban J connectivity index is 1.92. The van der Waals surface area contributed by atoms with E-state index in [1.54, 1.807) is 0 Å². The minimum Gasteiger partial charge on any atom is -0.355 e. The molecule has 3 rings (SSSR count). The van der Waals surface area contributed by atoms with E-state index in [9.17, 15) is 9.59 Å². The number of amides is 2. The van der Waals surface area contributed by atoms with Gasteiger partial charge in [-0.05, 0) is 37.5 Å². The van der Waals surface area contributed by atoms with Crippen LogP contribution in [0.3, 0.4) is 0 Å². The molecule has 2 bridgehead atoms. The number of carbonyl (C=O) groups is 2. The van der Waals surface area contributed by atoms with Crippen molar-refractivity contribution in [2.24, 2.45) is 0 Å². The molecule has 1 aromatic carbocycles. The molecule has 1 aromatic rings. The predicted molar refractivity (Wildman–Crippen MR) is 72.3 cm³/mol. The van der Waals surface area contributed by atoms with E-state index in [4.69, 9.17) is 4.74 Å². The maximum Gasteiger partial charge on any atom is 0.258 e. The molecular weight excluding hydrogens is 310 g/mol. The second-order valence-corrected chi connectivity index (χ2v) is 5.88. The number of carbonyl (C=O) groups excluding carboxylic acids is 2. The summed E-state index contributed by atoms with van der Waals surface area (Å²) < 4.78 is 6.35. The van der Waals surface area contributed by atoms with Gasteiger partial charge in [-0.3, -0.25) is 14.5 Å². The van der Waals surface area contributed by atoms with Crippen LogP contribution in [0.2, 0.25) is 0 Å². The fraction of sp³-hybridized carbons (Fsp3) is 0.429. The normalized spacial score (nSPS) is 27.8. The summed E-state index contributed by atoms with van der Waals surface area (Å²) in [7, 11) is 0. The third-order valence-electron chi connectivity index (χ3n) is 3.76. The van der Waals surface area contributed by atoms with E-state index in [0.717, 1.165) is 10.0 Å². The summed E-state index contributed by atoms with van der Waals surface area (Å²) >= 11 is 3.41. The van der Waals surface area contributed by atoms with Gasteiger partial charge in [-0.1, -0.05) is 28.1 Å². The van der Waals surface area contributed by atoms with Gasteiger partial charge in [-0.2, -0.15) is 0 Å². The van der Waals surface area contributed by atoms with Crippen molar-refractivity contribution in [3.8, 4) is 0 Å². The molecule has 2 aliphatic rings. The van der Waals surface area contributed by atoms with Crippen LogP contribution in [0.1, 0.15) is 31.4 Å².